The molecule has 2 aromatic carbocycles. The molecular formula is C21H22N2O4. The lowest BCUT2D eigenvalue weighted by atomic mass is 9.87. The van der Waals surface area contributed by atoms with E-state index in [1.807, 2.05) is 18.2 Å². The minimum absolute atomic E-state index is 0.109. The van der Waals surface area contributed by atoms with Crippen molar-refractivity contribution in [1.29, 1.82) is 0 Å². The fraction of sp³-hybridized carbons (Fsp3) is 0.238. The first-order valence-corrected chi connectivity index (χ1v) is 8.76. The molecule has 0 aromatic heterocycles. The number of carbonyl (C=O) groups excluding carboxylic acids is 2. The Morgan fingerprint density at radius 2 is 2.07 bits per heavy atom. The lowest BCUT2D eigenvalue weighted by Crippen LogP contribution is -2.31. The summed E-state index contributed by atoms with van der Waals surface area (Å²) in [4.78, 5) is 24.2. The molecule has 27 heavy (non-hydrogen) atoms. The van der Waals surface area contributed by atoms with Crippen molar-refractivity contribution in [3.05, 3.63) is 65.7 Å². The number of hydrogen-bond donors (Lipinski definition) is 3. The standard InChI is InChI=1S/C21H22N2O4/c1-3-20(25)22-14-7-10-19(24)17(12-14)21(26)23-18-6-4-5-13-11-15(27-2)8-9-16(13)18/h3,7-12,18,24H,1,4-6H2,2H3,(H,22,25)(H,23,26). The number of phenolic OH excluding ortho intramolecular Hbond substituents is 1. The molecule has 1 aliphatic carbocycles. The van der Waals surface area contributed by atoms with Crippen LogP contribution in [0.25, 0.3) is 0 Å². The van der Waals surface area contributed by atoms with Crippen LogP contribution in [0.2, 0.25) is 0 Å². The monoisotopic (exact) mass is 366 g/mol. The van der Waals surface area contributed by atoms with Crippen molar-refractivity contribution in [2.45, 2.75) is 25.3 Å². The van der Waals surface area contributed by atoms with Gasteiger partial charge in [0.05, 0.1) is 18.7 Å². The zero-order valence-electron chi connectivity index (χ0n) is 15.1. The lowest BCUT2D eigenvalue weighted by Gasteiger charge is -2.27. The summed E-state index contributed by atoms with van der Waals surface area (Å²) in [6.07, 6.45) is 3.85. The predicted molar refractivity (Wildman–Crippen MR) is 103 cm³/mol. The van der Waals surface area contributed by atoms with Crippen molar-refractivity contribution in [2.75, 3.05) is 12.4 Å². The Morgan fingerprint density at radius 3 is 2.81 bits per heavy atom. The molecule has 1 unspecified atom stereocenters. The average molecular weight is 366 g/mol. The van der Waals surface area contributed by atoms with E-state index in [0.717, 1.165) is 42.2 Å². The molecule has 0 saturated carbocycles. The fourth-order valence-electron chi connectivity index (χ4n) is 3.29. The van der Waals surface area contributed by atoms with Gasteiger partial charge < -0.3 is 20.5 Å². The fourth-order valence-corrected chi connectivity index (χ4v) is 3.29. The molecule has 2 amide bonds. The van der Waals surface area contributed by atoms with Gasteiger partial charge in [0, 0.05) is 5.69 Å². The quantitative estimate of drug-likeness (QED) is 0.559. The van der Waals surface area contributed by atoms with Crippen LogP contribution in [-0.2, 0) is 11.2 Å². The van der Waals surface area contributed by atoms with Crippen LogP contribution < -0.4 is 15.4 Å². The number of aromatic hydroxyl groups is 1. The molecule has 0 saturated heterocycles. The molecule has 3 rings (SSSR count). The Labute approximate surface area is 157 Å². The smallest absolute Gasteiger partial charge is 0.255 e. The van der Waals surface area contributed by atoms with Crippen molar-refractivity contribution in [2.24, 2.45) is 0 Å². The average Bonchev–Trinajstić information content (AvgIpc) is 2.69. The summed E-state index contributed by atoms with van der Waals surface area (Å²) in [6, 6.07) is 10.1. The summed E-state index contributed by atoms with van der Waals surface area (Å²) in [6.45, 7) is 3.39. The minimum Gasteiger partial charge on any atom is -0.507 e. The molecule has 0 radical (unpaired) electrons. The molecule has 1 atom stereocenters. The number of fused-ring (bicyclic) bond motifs is 1. The van der Waals surface area contributed by atoms with Gasteiger partial charge >= 0.3 is 0 Å². The van der Waals surface area contributed by atoms with E-state index in [4.69, 9.17) is 4.74 Å². The maximum Gasteiger partial charge on any atom is 0.255 e. The SMILES string of the molecule is C=CC(=O)Nc1ccc(O)c(C(=O)NC2CCCc3cc(OC)ccc32)c1. The van der Waals surface area contributed by atoms with Gasteiger partial charge in [0.25, 0.3) is 5.91 Å². The molecule has 140 valence electrons. The highest BCUT2D eigenvalue weighted by Gasteiger charge is 2.24. The summed E-state index contributed by atoms with van der Waals surface area (Å²) in [5, 5.41) is 15.7. The molecule has 0 fully saturated rings. The van der Waals surface area contributed by atoms with Gasteiger partial charge in [-0.25, -0.2) is 0 Å². The number of methoxy groups -OCH3 is 1. The molecule has 2 aromatic rings. The first-order valence-electron chi connectivity index (χ1n) is 8.76. The van der Waals surface area contributed by atoms with Crippen LogP contribution in [0.5, 0.6) is 11.5 Å². The van der Waals surface area contributed by atoms with Crippen LogP contribution in [0.3, 0.4) is 0 Å². The lowest BCUT2D eigenvalue weighted by molar-refractivity contribution is -0.111. The van der Waals surface area contributed by atoms with E-state index in [9.17, 15) is 14.7 Å². The van der Waals surface area contributed by atoms with Gasteiger partial charge in [-0.3, -0.25) is 9.59 Å². The zero-order valence-corrected chi connectivity index (χ0v) is 15.1. The van der Waals surface area contributed by atoms with Crippen molar-refractivity contribution >= 4 is 17.5 Å². The van der Waals surface area contributed by atoms with Crippen LogP contribution in [0.15, 0.2) is 49.1 Å². The highest BCUT2D eigenvalue weighted by Crippen LogP contribution is 2.33. The van der Waals surface area contributed by atoms with E-state index in [0.29, 0.717) is 5.69 Å². The second kappa shape index (κ2) is 7.95. The first-order chi connectivity index (χ1) is 13.0. The molecule has 3 N–H and O–H groups in total. The maximum atomic E-state index is 12.7. The number of anilines is 1. The van der Waals surface area contributed by atoms with Gasteiger partial charge in [-0.15, -0.1) is 0 Å². The molecule has 1 aliphatic rings. The Hall–Kier alpha value is -3.28. The third-order valence-corrected chi connectivity index (χ3v) is 4.66. The van der Waals surface area contributed by atoms with Crippen LogP contribution >= 0.6 is 0 Å². The molecule has 6 nitrogen and oxygen atoms in total. The van der Waals surface area contributed by atoms with Gasteiger partial charge in [-0.05, 0) is 66.8 Å². The normalized spacial score (nSPS) is 15.4. The van der Waals surface area contributed by atoms with Crippen molar-refractivity contribution < 1.29 is 19.4 Å². The Bertz CT molecular complexity index is 892. The topological polar surface area (TPSA) is 87.7 Å². The van der Waals surface area contributed by atoms with E-state index < -0.39 is 5.91 Å². The summed E-state index contributed by atoms with van der Waals surface area (Å²) in [7, 11) is 1.63. The van der Waals surface area contributed by atoms with Gasteiger partial charge in [0.15, 0.2) is 0 Å². The third kappa shape index (κ3) is 4.11. The zero-order chi connectivity index (χ0) is 19.4. The summed E-state index contributed by atoms with van der Waals surface area (Å²) in [5.74, 6) is -0.128. The van der Waals surface area contributed by atoms with Crippen LogP contribution in [0.1, 0.15) is 40.4 Å². The highest BCUT2D eigenvalue weighted by atomic mass is 16.5. The largest absolute Gasteiger partial charge is 0.507 e. The molecule has 0 bridgehead atoms. The molecule has 0 spiro atoms. The third-order valence-electron chi connectivity index (χ3n) is 4.66. The number of amides is 2. The summed E-state index contributed by atoms with van der Waals surface area (Å²) in [5.41, 5.74) is 2.74. The molecule has 6 heteroatoms. The highest BCUT2D eigenvalue weighted by molar-refractivity contribution is 6.02. The number of phenols is 1. The number of rotatable bonds is 5. The van der Waals surface area contributed by atoms with E-state index in [1.165, 1.54) is 18.2 Å². The second-order valence-corrected chi connectivity index (χ2v) is 6.41. The Morgan fingerprint density at radius 1 is 1.26 bits per heavy atom. The first kappa shape index (κ1) is 18.5. The number of ether oxygens (including phenoxy) is 1. The minimum atomic E-state index is -0.393. The molecular weight excluding hydrogens is 344 g/mol. The Kier molecular flexibility index (Phi) is 5.45. The van der Waals surface area contributed by atoms with E-state index in [1.54, 1.807) is 7.11 Å². The van der Waals surface area contributed by atoms with Gasteiger partial charge in [0.2, 0.25) is 5.91 Å². The van der Waals surface area contributed by atoms with Crippen molar-refractivity contribution in [1.82, 2.24) is 5.32 Å². The summed E-state index contributed by atoms with van der Waals surface area (Å²) >= 11 is 0. The van der Waals surface area contributed by atoms with E-state index in [-0.39, 0.29) is 23.3 Å². The second-order valence-electron chi connectivity index (χ2n) is 6.41. The number of nitrogens with one attached hydrogen (secondary N) is 2. The molecule has 0 aliphatic heterocycles. The van der Waals surface area contributed by atoms with Crippen LogP contribution in [0.4, 0.5) is 5.69 Å². The number of hydrogen-bond acceptors (Lipinski definition) is 4. The van der Waals surface area contributed by atoms with Gasteiger partial charge in [-0.2, -0.15) is 0 Å². The number of aryl methyl sites for hydroxylation is 1. The maximum absolute atomic E-state index is 12.7. The van der Waals surface area contributed by atoms with Crippen molar-refractivity contribution in [3.8, 4) is 11.5 Å². The van der Waals surface area contributed by atoms with Crippen LogP contribution in [-0.4, -0.2) is 24.0 Å². The van der Waals surface area contributed by atoms with Gasteiger partial charge in [-0.1, -0.05) is 12.6 Å². The summed E-state index contributed by atoms with van der Waals surface area (Å²) < 4.78 is 5.27. The molecule has 0 heterocycles. The van der Waals surface area contributed by atoms with Crippen LogP contribution in [0, 0.1) is 0 Å². The predicted octanol–water partition coefficient (Wildman–Crippen LogP) is 3.33. The number of carbonyl (C=O) groups is 2. The van der Waals surface area contributed by atoms with Crippen molar-refractivity contribution in [3.63, 3.8) is 0 Å². The Balaban J connectivity index is 1.81. The van der Waals surface area contributed by atoms with Gasteiger partial charge in [0.1, 0.15) is 11.5 Å². The number of benzene rings is 2. The van der Waals surface area contributed by atoms with E-state index >= 15 is 0 Å². The van der Waals surface area contributed by atoms with E-state index in [2.05, 4.69) is 17.2 Å².